The van der Waals surface area contributed by atoms with Gasteiger partial charge in [-0.25, -0.2) is 8.42 Å². The Bertz CT molecular complexity index is 1220. The molecule has 0 aliphatic rings. The Morgan fingerprint density at radius 1 is 1.03 bits per heavy atom. The Morgan fingerprint density at radius 3 is 2.05 bits per heavy atom. The first-order valence-electron chi connectivity index (χ1n) is 12.6. The van der Waals surface area contributed by atoms with Gasteiger partial charge in [0.05, 0.1) is 11.9 Å². The fourth-order valence-corrected chi connectivity index (χ4v) is 5.79. The molecule has 0 aliphatic carbocycles. The quantitative estimate of drug-likeness (QED) is 0.358. The highest BCUT2D eigenvalue weighted by Gasteiger charge is 2.31. The van der Waals surface area contributed by atoms with E-state index in [1.165, 1.54) is 9.21 Å². The molecule has 2 rings (SSSR count). The summed E-state index contributed by atoms with van der Waals surface area (Å²) in [6.07, 6.45) is 1.84. The third-order valence-corrected chi connectivity index (χ3v) is 7.82. The number of aryl methyl sites for hydroxylation is 2. The van der Waals surface area contributed by atoms with Crippen LogP contribution in [0.5, 0.6) is 0 Å². The van der Waals surface area contributed by atoms with Gasteiger partial charge in [-0.3, -0.25) is 13.9 Å². The Morgan fingerprint density at radius 2 is 1.58 bits per heavy atom. The van der Waals surface area contributed by atoms with E-state index in [0.29, 0.717) is 27.7 Å². The van der Waals surface area contributed by atoms with E-state index in [4.69, 9.17) is 23.2 Å². The predicted molar refractivity (Wildman–Crippen MR) is 156 cm³/mol. The van der Waals surface area contributed by atoms with E-state index in [0.717, 1.165) is 17.4 Å². The first-order valence-corrected chi connectivity index (χ1v) is 15.2. The van der Waals surface area contributed by atoms with Crippen molar-refractivity contribution in [3.05, 3.63) is 63.1 Å². The van der Waals surface area contributed by atoms with Gasteiger partial charge in [0.25, 0.3) is 0 Å². The Labute approximate surface area is 237 Å². The summed E-state index contributed by atoms with van der Waals surface area (Å²) in [6.45, 7) is 11.5. The minimum absolute atomic E-state index is 0.0399. The number of nitrogens with one attached hydrogen (secondary N) is 1. The molecule has 0 fully saturated rings. The van der Waals surface area contributed by atoms with Crippen LogP contribution in [0.15, 0.2) is 36.4 Å². The maximum Gasteiger partial charge on any atom is 0.243 e. The van der Waals surface area contributed by atoms with Crippen LogP contribution in [-0.4, -0.2) is 49.5 Å². The van der Waals surface area contributed by atoms with E-state index >= 15 is 0 Å². The summed E-state index contributed by atoms with van der Waals surface area (Å²) >= 11 is 12.8. The van der Waals surface area contributed by atoms with Crippen molar-refractivity contribution in [3.8, 4) is 0 Å². The van der Waals surface area contributed by atoms with Crippen LogP contribution in [0.3, 0.4) is 0 Å². The predicted octanol–water partition coefficient (Wildman–Crippen LogP) is 5.88. The highest BCUT2D eigenvalue weighted by molar-refractivity contribution is 7.92. The molecule has 0 saturated carbocycles. The van der Waals surface area contributed by atoms with Crippen LogP contribution in [0.2, 0.25) is 10.0 Å². The molecule has 0 saturated heterocycles. The van der Waals surface area contributed by atoms with Crippen molar-refractivity contribution >= 4 is 50.7 Å². The maximum atomic E-state index is 13.6. The zero-order chi connectivity index (χ0) is 28.8. The summed E-state index contributed by atoms with van der Waals surface area (Å²) in [5.41, 5.74) is 2.53. The molecule has 0 aromatic heterocycles. The fourth-order valence-electron chi connectivity index (χ4n) is 4.32. The Kier molecular flexibility index (Phi) is 11.1. The van der Waals surface area contributed by atoms with E-state index in [1.807, 2.05) is 59.7 Å². The van der Waals surface area contributed by atoms with Gasteiger partial charge < -0.3 is 10.2 Å². The van der Waals surface area contributed by atoms with Gasteiger partial charge in [-0.2, -0.15) is 0 Å². The molecule has 1 atom stereocenters. The number of anilines is 1. The number of carbonyl (C=O) groups is 2. The van der Waals surface area contributed by atoms with Gasteiger partial charge in [-0.1, -0.05) is 42.3 Å². The summed E-state index contributed by atoms with van der Waals surface area (Å²) in [4.78, 5) is 28.3. The highest BCUT2D eigenvalue weighted by atomic mass is 35.5. The van der Waals surface area contributed by atoms with Crippen molar-refractivity contribution in [1.82, 2.24) is 10.2 Å². The van der Waals surface area contributed by atoms with Crippen LogP contribution in [0.25, 0.3) is 0 Å². The first kappa shape index (κ1) is 31.9. The van der Waals surface area contributed by atoms with E-state index in [-0.39, 0.29) is 37.7 Å². The first-order chi connectivity index (χ1) is 17.5. The third-order valence-electron chi connectivity index (χ3n) is 5.92. The lowest BCUT2D eigenvalue weighted by atomic mass is 10.0. The van der Waals surface area contributed by atoms with Crippen molar-refractivity contribution in [2.45, 2.75) is 78.9 Å². The molecule has 210 valence electrons. The number of benzene rings is 2. The summed E-state index contributed by atoms with van der Waals surface area (Å²) in [6, 6.07) is 9.94. The van der Waals surface area contributed by atoms with Crippen molar-refractivity contribution < 1.29 is 18.0 Å². The standard InChI is InChI=1S/C28H39Cl2N3O4S/c1-8-25(27(35)31-28(4,5)6)32(18-22-23(29)11-9-12-24(22)30)26(34)13-10-14-33(38(7,36)37)21-16-19(2)15-20(3)17-21/h9,11-12,15-17,25H,8,10,13-14,18H2,1-7H3,(H,31,35). The second-order valence-electron chi connectivity index (χ2n) is 10.7. The molecule has 1 unspecified atom stereocenters. The molecule has 0 aliphatic heterocycles. The monoisotopic (exact) mass is 583 g/mol. The molecule has 0 spiro atoms. The fraction of sp³-hybridized carbons (Fsp3) is 0.500. The molecule has 0 radical (unpaired) electrons. The number of hydrogen-bond acceptors (Lipinski definition) is 4. The number of halogens is 2. The summed E-state index contributed by atoms with van der Waals surface area (Å²) in [5.74, 6) is -0.560. The average Bonchev–Trinajstić information content (AvgIpc) is 2.75. The second-order valence-corrected chi connectivity index (χ2v) is 13.4. The zero-order valence-electron chi connectivity index (χ0n) is 23.3. The number of rotatable bonds is 11. The van der Waals surface area contributed by atoms with Crippen molar-refractivity contribution in [2.75, 3.05) is 17.1 Å². The molecule has 0 heterocycles. The van der Waals surface area contributed by atoms with Gasteiger partial charge in [0.15, 0.2) is 0 Å². The van der Waals surface area contributed by atoms with Crippen LogP contribution in [0.4, 0.5) is 5.69 Å². The minimum atomic E-state index is -3.57. The summed E-state index contributed by atoms with van der Waals surface area (Å²) in [5, 5.41) is 3.76. The van der Waals surface area contributed by atoms with Crippen molar-refractivity contribution in [2.24, 2.45) is 0 Å². The molecule has 38 heavy (non-hydrogen) atoms. The van der Waals surface area contributed by atoms with Crippen LogP contribution in [0.1, 0.15) is 63.6 Å². The van der Waals surface area contributed by atoms with Gasteiger partial charge in [-0.15, -0.1) is 0 Å². The summed E-state index contributed by atoms with van der Waals surface area (Å²) in [7, 11) is -3.57. The third kappa shape index (κ3) is 9.17. The van der Waals surface area contributed by atoms with E-state index in [9.17, 15) is 18.0 Å². The van der Waals surface area contributed by atoms with Gasteiger partial charge >= 0.3 is 0 Å². The van der Waals surface area contributed by atoms with Crippen molar-refractivity contribution in [1.29, 1.82) is 0 Å². The summed E-state index contributed by atoms with van der Waals surface area (Å²) < 4.78 is 26.5. The topological polar surface area (TPSA) is 86.8 Å². The van der Waals surface area contributed by atoms with Gasteiger partial charge in [0.2, 0.25) is 21.8 Å². The zero-order valence-corrected chi connectivity index (χ0v) is 25.6. The highest BCUT2D eigenvalue weighted by Crippen LogP contribution is 2.28. The lowest BCUT2D eigenvalue weighted by Gasteiger charge is -2.33. The molecule has 7 nitrogen and oxygen atoms in total. The Balaban J connectivity index is 2.32. The normalized spacial score (nSPS) is 12.7. The van der Waals surface area contributed by atoms with E-state index in [1.54, 1.807) is 18.2 Å². The lowest BCUT2D eigenvalue weighted by molar-refractivity contribution is -0.142. The van der Waals surface area contributed by atoms with Crippen LogP contribution in [-0.2, 0) is 26.2 Å². The second kappa shape index (κ2) is 13.2. The van der Waals surface area contributed by atoms with Gasteiger partial charge in [-0.05, 0) is 82.9 Å². The number of sulfonamides is 1. The van der Waals surface area contributed by atoms with Crippen LogP contribution >= 0.6 is 23.2 Å². The Hall–Kier alpha value is -2.29. The van der Waals surface area contributed by atoms with Gasteiger partial charge in [0.1, 0.15) is 6.04 Å². The maximum absolute atomic E-state index is 13.6. The molecule has 0 bridgehead atoms. The van der Waals surface area contributed by atoms with Gasteiger partial charge in [0, 0.05) is 40.7 Å². The number of carbonyl (C=O) groups excluding carboxylic acids is 2. The molecule has 1 N–H and O–H groups in total. The molecule has 2 aromatic rings. The smallest absolute Gasteiger partial charge is 0.243 e. The SMILES string of the molecule is CCC(C(=O)NC(C)(C)C)N(Cc1c(Cl)cccc1Cl)C(=O)CCCN(c1cc(C)cc(C)c1)S(C)(=O)=O. The van der Waals surface area contributed by atoms with E-state index in [2.05, 4.69) is 5.32 Å². The molecule has 2 aromatic carbocycles. The van der Waals surface area contributed by atoms with Crippen LogP contribution < -0.4 is 9.62 Å². The largest absolute Gasteiger partial charge is 0.350 e. The minimum Gasteiger partial charge on any atom is -0.350 e. The van der Waals surface area contributed by atoms with Crippen LogP contribution in [0, 0.1) is 13.8 Å². The average molecular weight is 585 g/mol. The molecular weight excluding hydrogens is 545 g/mol. The number of hydrogen-bond donors (Lipinski definition) is 1. The number of amides is 2. The molecular formula is C28H39Cl2N3O4S. The molecule has 10 heteroatoms. The lowest BCUT2D eigenvalue weighted by Crippen LogP contribution is -2.53. The van der Waals surface area contributed by atoms with Crippen molar-refractivity contribution in [3.63, 3.8) is 0 Å². The number of nitrogens with zero attached hydrogens (tertiary/aromatic N) is 2. The van der Waals surface area contributed by atoms with E-state index < -0.39 is 21.6 Å². The molecule has 2 amide bonds.